The Hall–Kier alpha value is -0.770. The summed E-state index contributed by atoms with van der Waals surface area (Å²) in [7, 11) is 0. The summed E-state index contributed by atoms with van der Waals surface area (Å²) in [6.45, 7) is 13.5. The summed E-state index contributed by atoms with van der Waals surface area (Å²) in [6, 6.07) is 0.752. The zero-order valence-electron chi connectivity index (χ0n) is 14.7. The first-order chi connectivity index (χ1) is 9.55. The third-order valence-corrected chi connectivity index (χ3v) is 3.70. The lowest BCUT2D eigenvalue weighted by molar-refractivity contribution is 0.0488. The lowest BCUT2D eigenvalue weighted by atomic mass is 9.89. The molecule has 1 rings (SSSR count). The predicted molar refractivity (Wildman–Crippen MR) is 87.5 cm³/mol. The van der Waals surface area contributed by atoms with Crippen molar-refractivity contribution in [3.63, 3.8) is 0 Å². The Morgan fingerprint density at radius 1 is 1.10 bits per heavy atom. The van der Waals surface area contributed by atoms with Crippen molar-refractivity contribution in [2.75, 3.05) is 6.54 Å². The van der Waals surface area contributed by atoms with E-state index >= 15 is 0 Å². The third-order valence-electron chi connectivity index (χ3n) is 3.70. The second-order valence-electron chi connectivity index (χ2n) is 8.47. The average Bonchev–Trinajstić information content (AvgIpc) is 2.24. The van der Waals surface area contributed by atoms with Gasteiger partial charge in [-0.25, -0.2) is 4.79 Å². The molecule has 0 aliphatic heterocycles. The SMILES string of the molecule is CC(C)(C)CCNC1CCCC(NC(=O)OC(C)(C)C)C1. The molecule has 21 heavy (non-hydrogen) atoms. The summed E-state index contributed by atoms with van der Waals surface area (Å²) in [6.07, 6.45) is 5.31. The second-order valence-corrected chi connectivity index (χ2v) is 8.47. The molecule has 124 valence electrons. The molecule has 4 nitrogen and oxygen atoms in total. The maximum Gasteiger partial charge on any atom is 0.407 e. The van der Waals surface area contributed by atoms with Crippen molar-refractivity contribution in [1.29, 1.82) is 0 Å². The average molecular weight is 298 g/mol. The third kappa shape index (κ3) is 8.97. The van der Waals surface area contributed by atoms with Gasteiger partial charge in [0.05, 0.1) is 0 Å². The smallest absolute Gasteiger partial charge is 0.407 e. The molecule has 2 atom stereocenters. The van der Waals surface area contributed by atoms with Crippen LogP contribution in [0, 0.1) is 5.41 Å². The lowest BCUT2D eigenvalue weighted by Crippen LogP contribution is -2.46. The standard InChI is InChI=1S/C17H34N2O2/c1-16(2,3)10-11-18-13-8-7-9-14(12-13)19-15(20)21-17(4,5)6/h13-14,18H,7-12H2,1-6H3,(H,19,20). The molecule has 0 radical (unpaired) electrons. The summed E-state index contributed by atoms with van der Waals surface area (Å²) >= 11 is 0. The van der Waals surface area contributed by atoms with E-state index in [-0.39, 0.29) is 12.1 Å². The Morgan fingerprint density at radius 3 is 2.29 bits per heavy atom. The van der Waals surface area contributed by atoms with Crippen molar-refractivity contribution in [2.45, 2.75) is 91.3 Å². The quantitative estimate of drug-likeness (QED) is 0.829. The van der Waals surface area contributed by atoms with Gasteiger partial charge in [0.1, 0.15) is 5.60 Å². The number of alkyl carbamates (subject to hydrolysis) is 1. The van der Waals surface area contributed by atoms with E-state index in [4.69, 9.17) is 4.74 Å². The van der Waals surface area contributed by atoms with Gasteiger partial charge in [0.2, 0.25) is 0 Å². The van der Waals surface area contributed by atoms with Crippen LogP contribution in [0.1, 0.15) is 73.6 Å². The van der Waals surface area contributed by atoms with Crippen LogP contribution < -0.4 is 10.6 Å². The number of rotatable bonds is 4. The Bertz CT molecular complexity index is 329. The van der Waals surface area contributed by atoms with Gasteiger partial charge in [-0.05, 0) is 64.8 Å². The number of nitrogens with one attached hydrogen (secondary N) is 2. The molecule has 4 heteroatoms. The Kier molecular flexibility index (Phi) is 6.51. The highest BCUT2D eigenvalue weighted by molar-refractivity contribution is 5.68. The van der Waals surface area contributed by atoms with Crippen molar-refractivity contribution in [3.8, 4) is 0 Å². The first-order valence-corrected chi connectivity index (χ1v) is 8.28. The molecule has 0 heterocycles. The van der Waals surface area contributed by atoms with E-state index in [2.05, 4.69) is 31.4 Å². The van der Waals surface area contributed by atoms with Crippen LogP contribution in [0.2, 0.25) is 0 Å². The second kappa shape index (κ2) is 7.48. The van der Waals surface area contributed by atoms with Gasteiger partial charge in [0, 0.05) is 12.1 Å². The van der Waals surface area contributed by atoms with Crippen molar-refractivity contribution in [1.82, 2.24) is 10.6 Å². The topological polar surface area (TPSA) is 50.4 Å². The maximum absolute atomic E-state index is 11.8. The van der Waals surface area contributed by atoms with Gasteiger partial charge in [0.15, 0.2) is 0 Å². The van der Waals surface area contributed by atoms with E-state index in [9.17, 15) is 4.79 Å². The maximum atomic E-state index is 11.8. The van der Waals surface area contributed by atoms with Crippen LogP contribution >= 0.6 is 0 Å². The first-order valence-electron chi connectivity index (χ1n) is 8.28. The summed E-state index contributed by atoms with van der Waals surface area (Å²) < 4.78 is 5.33. The van der Waals surface area contributed by atoms with Crippen molar-refractivity contribution < 1.29 is 9.53 Å². The number of hydrogen-bond donors (Lipinski definition) is 2. The molecule has 0 saturated heterocycles. The van der Waals surface area contributed by atoms with Crippen molar-refractivity contribution >= 4 is 6.09 Å². The van der Waals surface area contributed by atoms with Crippen LogP contribution in [-0.4, -0.2) is 30.3 Å². The van der Waals surface area contributed by atoms with Gasteiger partial charge in [-0.15, -0.1) is 0 Å². The summed E-state index contributed by atoms with van der Waals surface area (Å²) in [4.78, 5) is 11.8. The normalized spacial score (nSPS) is 23.7. The van der Waals surface area contributed by atoms with Crippen LogP contribution in [0.5, 0.6) is 0 Å². The van der Waals surface area contributed by atoms with Gasteiger partial charge < -0.3 is 15.4 Å². The van der Waals surface area contributed by atoms with Crippen LogP contribution in [0.25, 0.3) is 0 Å². The number of hydrogen-bond acceptors (Lipinski definition) is 3. The highest BCUT2D eigenvalue weighted by atomic mass is 16.6. The van der Waals surface area contributed by atoms with Gasteiger partial charge in [-0.1, -0.05) is 20.8 Å². The number of carbonyl (C=O) groups excluding carboxylic acids is 1. The molecule has 2 N–H and O–H groups in total. The van der Waals surface area contributed by atoms with E-state index in [1.807, 2.05) is 20.8 Å². The highest BCUT2D eigenvalue weighted by Gasteiger charge is 2.25. The van der Waals surface area contributed by atoms with Gasteiger partial charge in [0.25, 0.3) is 0 Å². The molecule has 0 bridgehead atoms. The fourth-order valence-electron chi connectivity index (χ4n) is 2.63. The highest BCUT2D eigenvalue weighted by Crippen LogP contribution is 2.21. The van der Waals surface area contributed by atoms with Crippen LogP contribution in [0.3, 0.4) is 0 Å². The van der Waals surface area contributed by atoms with Crippen molar-refractivity contribution in [3.05, 3.63) is 0 Å². The Labute approximate surface area is 130 Å². The minimum Gasteiger partial charge on any atom is -0.444 e. The van der Waals surface area contributed by atoms with E-state index in [0.29, 0.717) is 11.5 Å². The van der Waals surface area contributed by atoms with Crippen LogP contribution in [-0.2, 0) is 4.74 Å². The van der Waals surface area contributed by atoms with E-state index < -0.39 is 5.60 Å². The molecule has 1 aliphatic rings. The number of ether oxygens (including phenoxy) is 1. The van der Waals surface area contributed by atoms with Gasteiger partial charge >= 0.3 is 6.09 Å². The molecule has 2 unspecified atom stereocenters. The molecular formula is C17H34N2O2. The Morgan fingerprint density at radius 2 is 1.71 bits per heavy atom. The largest absolute Gasteiger partial charge is 0.444 e. The zero-order valence-corrected chi connectivity index (χ0v) is 14.7. The minimum absolute atomic E-state index is 0.237. The lowest BCUT2D eigenvalue weighted by Gasteiger charge is -2.32. The molecule has 0 aromatic carbocycles. The van der Waals surface area contributed by atoms with E-state index in [0.717, 1.165) is 25.8 Å². The zero-order chi connectivity index (χ0) is 16.1. The molecule has 0 spiro atoms. The fourth-order valence-corrected chi connectivity index (χ4v) is 2.63. The minimum atomic E-state index is -0.427. The van der Waals surface area contributed by atoms with E-state index in [1.54, 1.807) is 0 Å². The number of carbonyl (C=O) groups is 1. The predicted octanol–water partition coefficient (Wildman–Crippen LogP) is 3.85. The van der Waals surface area contributed by atoms with Crippen LogP contribution in [0.15, 0.2) is 0 Å². The van der Waals surface area contributed by atoms with Gasteiger partial charge in [-0.3, -0.25) is 0 Å². The summed E-state index contributed by atoms with van der Waals surface area (Å²) in [5, 5.41) is 6.65. The van der Waals surface area contributed by atoms with Gasteiger partial charge in [-0.2, -0.15) is 0 Å². The Balaban J connectivity index is 2.30. The fraction of sp³-hybridized carbons (Fsp3) is 0.941. The van der Waals surface area contributed by atoms with E-state index in [1.165, 1.54) is 12.8 Å². The molecule has 1 aliphatic carbocycles. The number of amides is 1. The molecule has 1 fully saturated rings. The molecule has 0 aromatic rings. The van der Waals surface area contributed by atoms with Crippen LogP contribution in [0.4, 0.5) is 4.79 Å². The molecule has 1 amide bonds. The molecule has 1 saturated carbocycles. The molecule has 0 aromatic heterocycles. The summed E-state index contributed by atoms with van der Waals surface area (Å²) in [5.74, 6) is 0. The monoisotopic (exact) mass is 298 g/mol. The van der Waals surface area contributed by atoms with Crippen molar-refractivity contribution in [2.24, 2.45) is 5.41 Å². The summed E-state index contributed by atoms with van der Waals surface area (Å²) in [5.41, 5.74) is -0.0566. The molecular weight excluding hydrogens is 264 g/mol. The first kappa shape index (κ1) is 18.3.